The van der Waals surface area contributed by atoms with Crippen molar-refractivity contribution in [3.63, 3.8) is 0 Å². The number of nitrogens with one attached hydrogen (secondary N) is 2. The number of hydrogen-bond acceptors (Lipinski definition) is 4. The third-order valence-corrected chi connectivity index (χ3v) is 2.72. The molecule has 0 saturated carbocycles. The lowest BCUT2D eigenvalue weighted by molar-refractivity contribution is -0.143. The lowest BCUT2D eigenvalue weighted by Gasteiger charge is -2.12. The van der Waals surface area contributed by atoms with E-state index >= 15 is 0 Å². The minimum Gasteiger partial charge on any atom is -0.496 e. The summed E-state index contributed by atoms with van der Waals surface area (Å²) in [4.78, 5) is 22.4. The van der Waals surface area contributed by atoms with Crippen LogP contribution in [0.4, 0.5) is 0 Å². The minimum atomic E-state index is -1.24. The normalized spacial score (nSPS) is 11.7. The lowest BCUT2D eigenvalue weighted by Crippen LogP contribution is -2.47. The van der Waals surface area contributed by atoms with Crippen LogP contribution in [0.2, 0.25) is 0 Å². The molecule has 1 aromatic carbocycles. The van der Waals surface area contributed by atoms with Gasteiger partial charge in [0.15, 0.2) is 6.04 Å². The van der Waals surface area contributed by atoms with Crippen LogP contribution in [0, 0.1) is 6.92 Å². The summed E-state index contributed by atoms with van der Waals surface area (Å²) in [7, 11) is 3.02. The highest BCUT2D eigenvalue weighted by Crippen LogP contribution is 2.18. The van der Waals surface area contributed by atoms with Crippen molar-refractivity contribution in [3.8, 4) is 5.75 Å². The van der Waals surface area contributed by atoms with E-state index in [1.807, 2.05) is 25.1 Å². The van der Waals surface area contributed by atoms with Gasteiger partial charge in [-0.3, -0.25) is 10.1 Å². The Morgan fingerprint density at radius 2 is 2.11 bits per heavy atom. The molecule has 0 radical (unpaired) electrons. The Morgan fingerprint density at radius 3 is 2.58 bits per heavy atom. The fraction of sp³-hybridized carbons (Fsp3) is 0.385. The van der Waals surface area contributed by atoms with Crippen LogP contribution in [0.3, 0.4) is 0 Å². The van der Waals surface area contributed by atoms with E-state index in [0.717, 1.165) is 16.9 Å². The Bertz CT molecular complexity index is 474. The lowest BCUT2D eigenvalue weighted by atomic mass is 10.1. The molecule has 0 aliphatic heterocycles. The van der Waals surface area contributed by atoms with Gasteiger partial charge in [0.2, 0.25) is 5.91 Å². The largest absolute Gasteiger partial charge is 0.496 e. The molecule has 1 aromatic rings. The molecule has 1 rings (SSSR count). The number of benzene rings is 1. The fourth-order valence-electron chi connectivity index (χ4n) is 1.71. The first-order chi connectivity index (χ1) is 8.99. The van der Waals surface area contributed by atoms with Gasteiger partial charge in [0.1, 0.15) is 5.75 Å². The molecule has 0 heterocycles. The summed E-state index contributed by atoms with van der Waals surface area (Å²) >= 11 is 0. The van der Waals surface area contributed by atoms with Gasteiger partial charge in [-0.15, -0.1) is 0 Å². The fourth-order valence-corrected chi connectivity index (χ4v) is 1.71. The molecule has 1 amide bonds. The van der Waals surface area contributed by atoms with Gasteiger partial charge < -0.3 is 15.2 Å². The summed E-state index contributed by atoms with van der Waals surface area (Å²) in [6, 6.07) is 4.28. The third kappa shape index (κ3) is 3.96. The molecule has 104 valence electrons. The van der Waals surface area contributed by atoms with Crippen LogP contribution >= 0.6 is 0 Å². The Labute approximate surface area is 111 Å². The van der Waals surface area contributed by atoms with Gasteiger partial charge in [-0.05, 0) is 31.2 Å². The van der Waals surface area contributed by atoms with Crippen LogP contribution in [-0.4, -0.2) is 37.2 Å². The Hall–Kier alpha value is -2.08. The third-order valence-electron chi connectivity index (χ3n) is 2.72. The van der Waals surface area contributed by atoms with E-state index in [1.165, 1.54) is 7.05 Å². The van der Waals surface area contributed by atoms with E-state index in [4.69, 9.17) is 9.84 Å². The van der Waals surface area contributed by atoms with Crippen molar-refractivity contribution in [1.82, 2.24) is 10.6 Å². The molecule has 1 atom stereocenters. The van der Waals surface area contributed by atoms with Crippen molar-refractivity contribution in [3.05, 3.63) is 29.3 Å². The molecule has 0 bridgehead atoms. The van der Waals surface area contributed by atoms with Crippen molar-refractivity contribution >= 4 is 11.9 Å². The molecule has 0 spiro atoms. The van der Waals surface area contributed by atoms with Crippen LogP contribution < -0.4 is 15.4 Å². The molecule has 0 aromatic heterocycles. The van der Waals surface area contributed by atoms with Crippen LogP contribution in [0.5, 0.6) is 5.75 Å². The maximum Gasteiger partial charge on any atom is 0.330 e. The molecule has 0 saturated heterocycles. The summed E-state index contributed by atoms with van der Waals surface area (Å²) in [5.74, 6) is -0.997. The number of aliphatic carboxylic acids is 1. The summed E-state index contributed by atoms with van der Waals surface area (Å²) in [6.45, 7) is 2.17. The highest BCUT2D eigenvalue weighted by molar-refractivity contribution is 6.01. The number of methoxy groups -OCH3 is 1. The standard InChI is InChI=1S/C13H18N2O4/c1-8-6-9(4-5-10(8)19-3)7-15-12(16)11(14-2)13(17)18/h4-6,11,14H,7H2,1-3H3,(H,15,16)(H,17,18). The Balaban J connectivity index is 2.64. The number of likely N-dealkylation sites (N-methyl/N-ethyl adjacent to an activating group) is 1. The summed E-state index contributed by atoms with van der Waals surface area (Å²) < 4.78 is 5.14. The number of amides is 1. The first-order valence-corrected chi connectivity index (χ1v) is 5.81. The maximum atomic E-state index is 11.6. The maximum absolute atomic E-state index is 11.6. The summed E-state index contributed by atoms with van der Waals surface area (Å²) in [5.41, 5.74) is 1.84. The quantitative estimate of drug-likeness (QED) is 0.644. The number of ether oxygens (including phenoxy) is 1. The zero-order valence-electron chi connectivity index (χ0n) is 11.2. The van der Waals surface area contributed by atoms with Crippen LogP contribution in [-0.2, 0) is 16.1 Å². The van der Waals surface area contributed by atoms with Gasteiger partial charge in [-0.2, -0.15) is 0 Å². The van der Waals surface area contributed by atoms with Crippen molar-refractivity contribution in [2.75, 3.05) is 14.2 Å². The minimum absolute atomic E-state index is 0.273. The second kappa shape index (κ2) is 6.75. The molecule has 0 aliphatic carbocycles. The molecular weight excluding hydrogens is 248 g/mol. The number of carbonyl (C=O) groups excluding carboxylic acids is 1. The first kappa shape index (κ1) is 15.0. The second-order valence-corrected chi connectivity index (χ2v) is 4.08. The van der Waals surface area contributed by atoms with Crippen LogP contribution in [0.1, 0.15) is 11.1 Å². The number of hydrogen-bond donors (Lipinski definition) is 3. The van der Waals surface area contributed by atoms with Gasteiger partial charge in [0.25, 0.3) is 0 Å². The highest BCUT2D eigenvalue weighted by Gasteiger charge is 2.23. The molecule has 6 nitrogen and oxygen atoms in total. The first-order valence-electron chi connectivity index (χ1n) is 5.81. The molecular formula is C13H18N2O4. The molecule has 0 aliphatic rings. The van der Waals surface area contributed by atoms with Crippen LogP contribution in [0.15, 0.2) is 18.2 Å². The van der Waals surface area contributed by atoms with Crippen molar-refractivity contribution in [2.45, 2.75) is 19.5 Å². The van der Waals surface area contributed by atoms with E-state index in [0.29, 0.717) is 0 Å². The van der Waals surface area contributed by atoms with Gasteiger partial charge >= 0.3 is 5.97 Å². The second-order valence-electron chi connectivity index (χ2n) is 4.08. The number of rotatable bonds is 6. The topological polar surface area (TPSA) is 87.7 Å². The van der Waals surface area contributed by atoms with Crippen molar-refractivity contribution in [2.24, 2.45) is 0 Å². The molecule has 1 unspecified atom stereocenters. The average molecular weight is 266 g/mol. The summed E-state index contributed by atoms with van der Waals surface area (Å²) in [5, 5.41) is 13.8. The van der Waals surface area contributed by atoms with Crippen LogP contribution in [0.25, 0.3) is 0 Å². The SMILES string of the molecule is CNC(C(=O)O)C(=O)NCc1ccc(OC)c(C)c1. The monoisotopic (exact) mass is 266 g/mol. The molecule has 0 fully saturated rings. The molecule has 19 heavy (non-hydrogen) atoms. The van der Waals surface area contributed by atoms with Gasteiger partial charge in [0, 0.05) is 6.54 Å². The smallest absolute Gasteiger partial charge is 0.330 e. The van der Waals surface area contributed by atoms with Crippen molar-refractivity contribution < 1.29 is 19.4 Å². The molecule has 3 N–H and O–H groups in total. The van der Waals surface area contributed by atoms with Crippen molar-refractivity contribution in [1.29, 1.82) is 0 Å². The zero-order chi connectivity index (χ0) is 14.4. The van der Waals surface area contributed by atoms with Gasteiger partial charge in [0.05, 0.1) is 7.11 Å². The van der Waals surface area contributed by atoms with Gasteiger partial charge in [-0.1, -0.05) is 12.1 Å². The predicted octanol–water partition coefficient (Wildman–Crippen LogP) is 0.292. The average Bonchev–Trinajstić information content (AvgIpc) is 2.37. The number of aryl methyl sites for hydroxylation is 1. The van der Waals surface area contributed by atoms with E-state index in [9.17, 15) is 9.59 Å². The zero-order valence-corrected chi connectivity index (χ0v) is 11.2. The number of carboxylic acid groups (broad SMARTS) is 1. The molecule has 6 heteroatoms. The summed E-state index contributed by atoms with van der Waals surface area (Å²) in [6.07, 6.45) is 0. The highest BCUT2D eigenvalue weighted by atomic mass is 16.5. The van der Waals surface area contributed by atoms with E-state index < -0.39 is 17.9 Å². The van der Waals surface area contributed by atoms with Gasteiger partial charge in [-0.25, -0.2) is 4.79 Å². The van der Waals surface area contributed by atoms with E-state index in [1.54, 1.807) is 7.11 Å². The number of carbonyl (C=O) groups is 2. The number of carboxylic acids is 1. The Morgan fingerprint density at radius 1 is 1.42 bits per heavy atom. The predicted molar refractivity (Wildman–Crippen MR) is 70.1 cm³/mol. The Kier molecular flexibility index (Phi) is 5.32. The van der Waals surface area contributed by atoms with E-state index in [2.05, 4.69) is 10.6 Å². The van der Waals surface area contributed by atoms with E-state index in [-0.39, 0.29) is 6.54 Å².